The lowest BCUT2D eigenvalue weighted by Gasteiger charge is -2.06. The third-order valence-electron chi connectivity index (χ3n) is 3.61. The second kappa shape index (κ2) is 8.41. The van der Waals surface area contributed by atoms with Gasteiger partial charge in [0.25, 0.3) is 5.91 Å². The van der Waals surface area contributed by atoms with Crippen molar-refractivity contribution in [1.82, 2.24) is 5.32 Å². The van der Waals surface area contributed by atoms with Crippen LogP contribution in [-0.2, 0) is 5.75 Å². The van der Waals surface area contributed by atoms with E-state index in [2.05, 4.69) is 17.4 Å². The molecule has 3 rings (SSSR count). The highest BCUT2D eigenvalue weighted by molar-refractivity contribution is 7.98. The minimum Gasteiger partial charge on any atom is -0.468 e. The van der Waals surface area contributed by atoms with Crippen LogP contribution in [-0.4, -0.2) is 18.2 Å². The SMILES string of the molecule is O=C(NCCSCc1ccco1)c1ccc(-c2ccccc2)cc1. The molecule has 0 atom stereocenters. The molecule has 0 aliphatic heterocycles. The van der Waals surface area contributed by atoms with E-state index < -0.39 is 0 Å². The van der Waals surface area contributed by atoms with E-state index in [0.29, 0.717) is 12.1 Å². The van der Waals surface area contributed by atoms with Gasteiger partial charge in [-0.1, -0.05) is 42.5 Å². The molecule has 24 heavy (non-hydrogen) atoms. The van der Waals surface area contributed by atoms with Crippen molar-refractivity contribution in [2.24, 2.45) is 0 Å². The number of carbonyl (C=O) groups excluding carboxylic acids is 1. The third-order valence-corrected chi connectivity index (χ3v) is 4.59. The summed E-state index contributed by atoms with van der Waals surface area (Å²) in [7, 11) is 0. The topological polar surface area (TPSA) is 42.2 Å². The Hall–Kier alpha value is -2.46. The average molecular weight is 337 g/mol. The molecule has 1 N–H and O–H groups in total. The number of benzene rings is 2. The molecule has 0 saturated carbocycles. The number of furan rings is 1. The van der Waals surface area contributed by atoms with Crippen LogP contribution in [0.1, 0.15) is 16.1 Å². The van der Waals surface area contributed by atoms with E-state index in [9.17, 15) is 4.79 Å². The van der Waals surface area contributed by atoms with E-state index in [1.165, 1.54) is 0 Å². The van der Waals surface area contributed by atoms with E-state index in [4.69, 9.17) is 4.42 Å². The molecule has 0 aliphatic carbocycles. The quantitative estimate of drug-likeness (QED) is 0.640. The zero-order chi connectivity index (χ0) is 16.6. The Morgan fingerprint density at radius 3 is 2.38 bits per heavy atom. The zero-order valence-corrected chi connectivity index (χ0v) is 14.1. The first-order valence-corrected chi connectivity index (χ1v) is 9.02. The summed E-state index contributed by atoms with van der Waals surface area (Å²) in [6.07, 6.45) is 1.68. The lowest BCUT2D eigenvalue weighted by Crippen LogP contribution is -2.25. The van der Waals surface area contributed by atoms with Crippen molar-refractivity contribution < 1.29 is 9.21 Å². The first-order valence-electron chi connectivity index (χ1n) is 7.87. The van der Waals surface area contributed by atoms with Crippen LogP contribution in [0.2, 0.25) is 0 Å². The molecule has 4 heteroatoms. The number of nitrogens with one attached hydrogen (secondary N) is 1. The van der Waals surface area contributed by atoms with Crippen LogP contribution < -0.4 is 5.32 Å². The van der Waals surface area contributed by atoms with Crippen LogP contribution >= 0.6 is 11.8 Å². The molecule has 0 bridgehead atoms. The summed E-state index contributed by atoms with van der Waals surface area (Å²) < 4.78 is 5.27. The van der Waals surface area contributed by atoms with Crippen molar-refractivity contribution >= 4 is 17.7 Å². The van der Waals surface area contributed by atoms with Crippen LogP contribution in [0.3, 0.4) is 0 Å². The fourth-order valence-corrected chi connectivity index (χ4v) is 3.11. The Bertz CT molecular complexity index is 752. The Balaban J connectivity index is 1.45. The van der Waals surface area contributed by atoms with Crippen LogP contribution in [0.5, 0.6) is 0 Å². The van der Waals surface area contributed by atoms with Gasteiger partial charge in [-0.05, 0) is 35.4 Å². The van der Waals surface area contributed by atoms with E-state index in [0.717, 1.165) is 28.4 Å². The molecule has 0 unspecified atom stereocenters. The van der Waals surface area contributed by atoms with E-state index in [1.807, 2.05) is 54.6 Å². The fourth-order valence-electron chi connectivity index (χ4n) is 2.35. The maximum absolute atomic E-state index is 12.1. The monoisotopic (exact) mass is 337 g/mol. The molecule has 0 saturated heterocycles. The van der Waals surface area contributed by atoms with Crippen molar-refractivity contribution in [2.45, 2.75) is 5.75 Å². The second-order valence-electron chi connectivity index (χ2n) is 5.33. The molecule has 3 aromatic rings. The Morgan fingerprint density at radius 2 is 1.67 bits per heavy atom. The predicted octanol–water partition coefficient (Wildman–Crippen LogP) is 4.61. The van der Waals surface area contributed by atoms with Gasteiger partial charge in [-0.3, -0.25) is 4.79 Å². The number of rotatable bonds is 7. The van der Waals surface area contributed by atoms with E-state index in [-0.39, 0.29) is 5.91 Å². The van der Waals surface area contributed by atoms with E-state index in [1.54, 1.807) is 18.0 Å². The summed E-state index contributed by atoms with van der Waals surface area (Å²) in [5, 5.41) is 2.95. The van der Waals surface area contributed by atoms with Crippen molar-refractivity contribution in [3.63, 3.8) is 0 Å². The van der Waals surface area contributed by atoms with Gasteiger partial charge in [0.15, 0.2) is 0 Å². The molecule has 0 aliphatic rings. The Labute approximate surface area is 146 Å². The van der Waals surface area contributed by atoms with Crippen molar-refractivity contribution in [3.05, 3.63) is 84.3 Å². The van der Waals surface area contributed by atoms with Gasteiger partial charge < -0.3 is 9.73 Å². The third kappa shape index (κ3) is 4.52. The molecule has 122 valence electrons. The summed E-state index contributed by atoms with van der Waals surface area (Å²) in [5.74, 6) is 2.61. The summed E-state index contributed by atoms with van der Waals surface area (Å²) in [5.41, 5.74) is 2.95. The number of thioether (sulfide) groups is 1. The van der Waals surface area contributed by atoms with Crippen molar-refractivity contribution in [1.29, 1.82) is 0 Å². The van der Waals surface area contributed by atoms with Crippen LogP contribution in [0, 0.1) is 0 Å². The first kappa shape index (κ1) is 16.4. The lowest BCUT2D eigenvalue weighted by atomic mass is 10.0. The number of hydrogen-bond acceptors (Lipinski definition) is 3. The van der Waals surface area contributed by atoms with Crippen molar-refractivity contribution in [3.8, 4) is 11.1 Å². The molecule has 0 spiro atoms. The van der Waals surface area contributed by atoms with Crippen LogP contribution in [0.4, 0.5) is 0 Å². The van der Waals surface area contributed by atoms with Gasteiger partial charge in [0.05, 0.1) is 12.0 Å². The Kier molecular flexibility index (Phi) is 5.75. The molecule has 0 radical (unpaired) electrons. The van der Waals surface area contributed by atoms with Gasteiger partial charge >= 0.3 is 0 Å². The van der Waals surface area contributed by atoms with Crippen LogP contribution in [0.25, 0.3) is 11.1 Å². The second-order valence-corrected chi connectivity index (χ2v) is 6.44. The molecule has 3 nitrogen and oxygen atoms in total. The standard InChI is InChI=1S/C20H19NO2S/c22-20(21-12-14-24-15-19-7-4-13-23-19)18-10-8-17(9-11-18)16-5-2-1-3-6-16/h1-11,13H,12,14-15H2,(H,21,22). The molecular formula is C20H19NO2S. The highest BCUT2D eigenvalue weighted by atomic mass is 32.2. The largest absolute Gasteiger partial charge is 0.468 e. The van der Waals surface area contributed by atoms with Crippen LogP contribution in [0.15, 0.2) is 77.4 Å². The summed E-state index contributed by atoms with van der Waals surface area (Å²) in [4.78, 5) is 12.1. The number of amides is 1. The maximum Gasteiger partial charge on any atom is 0.251 e. The summed E-state index contributed by atoms with van der Waals surface area (Å²) >= 11 is 1.74. The van der Waals surface area contributed by atoms with Gasteiger partial charge in [-0.2, -0.15) is 11.8 Å². The van der Waals surface area contributed by atoms with Gasteiger partial charge in [-0.15, -0.1) is 0 Å². The highest BCUT2D eigenvalue weighted by Crippen LogP contribution is 2.19. The maximum atomic E-state index is 12.1. The number of hydrogen-bond donors (Lipinski definition) is 1. The van der Waals surface area contributed by atoms with Gasteiger partial charge in [0.2, 0.25) is 0 Å². The van der Waals surface area contributed by atoms with Crippen molar-refractivity contribution in [2.75, 3.05) is 12.3 Å². The summed E-state index contributed by atoms with van der Waals surface area (Å²) in [6, 6.07) is 21.7. The molecule has 2 aromatic carbocycles. The fraction of sp³-hybridized carbons (Fsp3) is 0.150. The highest BCUT2D eigenvalue weighted by Gasteiger charge is 2.05. The Morgan fingerprint density at radius 1 is 0.917 bits per heavy atom. The molecule has 1 amide bonds. The molecule has 1 heterocycles. The smallest absolute Gasteiger partial charge is 0.251 e. The molecule has 1 aromatic heterocycles. The predicted molar refractivity (Wildman–Crippen MR) is 99.1 cm³/mol. The normalized spacial score (nSPS) is 10.5. The minimum atomic E-state index is -0.0341. The van der Waals surface area contributed by atoms with Gasteiger partial charge in [-0.25, -0.2) is 0 Å². The first-order chi connectivity index (χ1) is 11.8. The number of carbonyl (C=O) groups is 1. The molecular weight excluding hydrogens is 318 g/mol. The summed E-state index contributed by atoms with van der Waals surface area (Å²) in [6.45, 7) is 0.643. The molecule has 0 fully saturated rings. The van der Waals surface area contributed by atoms with E-state index >= 15 is 0 Å². The van der Waals surface area contributed by atoms with Gasteiger partial charge in [0, 0.05) is 17.9 Å². The zero-order valence-electron chi connectivity index (χ0n) is 13.3. The average Bonchev–Trinajstić information content (AvgIpc) is 3.16. The lowest BCUT2D eigenvalue weighted by molar-refractivity contribution is 0.0956. The minimum absolute atomic E-state index is 0.0341. The van der Waals surface area contributed by atoms with Gasteiger partial charge in [0.1, 0.15) is 5.76 Å².